The van der Waals surface area contributed by atoms with E-state index in [1.165, 1.54) is 11.1 Å². The van der Waals surface area contributed by atoms with Crippen molar-refractivity contribution in [1.82, 2.24) is 24.5 Å². The third-order valence-corrected chi connectivity index (χ3v) is 13.8. The van der Waals surface area contributed by atoms with E-state index in [-0.39, 0.29) is 17.0 Å². The number of rotatable bonds is 8. The normalized spacial score (nSPS) is 21.6. The Hall–Kier alpha value is -3.91. The smallest absolute Gasteiger partial charge is 0.250 e. The Morgan fingerprint density at radius 3 is 2.80 bits per heavy atom. The minimum atomic E-state index is -3.82. The SMILES string of the molecule is COc1cccc2c1CC[C@@H]2Nc1nccc2cc(-c3c(-c4nnc(C)o4)c(CCC4CCOCC4)nc4c3S(=O)(=O)N3CCCC43)sc12. The molecule has 13 heteroatoms. The Morgan fingerprint density at radius 1 is 1.10 bits per heavy atom. The van der Waals surface area contributed by atoms with E-state index in [9.17, 15) is 8.42 Å². The second-order valence-corrected chi connectivity index (χ2v) is 16.3. The van der Waals surface area contributed by atoms with Crippen molar-refractivity contribution in [2.24, 2.45) is 5.92 Å². The minimum absolute atomic E-state index is 0.0835. The van der Waals surface area contributed by atoms with Gasteiger partial charge in [-0.2, -0.15) is 4.31 Å². The summed E-state index contributed by atoms with van der Waals surface area (Å²) >= 11 is 1.55. The summed E-state index contributed by atoms with van der Waals surface area (Å²) in [6, 6.07) is 10.1. The average molecular weight is 699 g/mol. The number of pyridine rings is 2. The standard InChI is InChI=1S/C36H38N6O5S2/c1-20-40-41-36(47-20)30-26(10-8-21-13-17-46-18-14-21)38-32-27-6-4-16-42(27)49(43,44)34(32)31(30)29-19-22-12-15-37-35(33(22)48-29)39-25-11-9-24-23(25)5-3-7-28(24)45-2/h3,5,7,12,15,19,21,25,27H,4,6,8-11,13-14,16-18H2,1-2H3,(H,37,39)/t25-,27?/m0/s1. The fourth-order valence-electron chi connectivity index (χ4n) is 8.28. The Kier molecular flexibility index (Phi) is 7.71. The van der Waals surface area contributed by atoms with Gasteiger partial charge in [-0.25, -0.2) is 13.4 Å². The number of hydrogen-bond donors (Lipinski definition) is 1. The quantitative estimate of drug-likeness (QED) is 0.180. The number of methoxy groups -OCH3 is 1. The van der Waals surface area contributed by atoms with Gasteiger partial charge in [0, 0.05) is 43.3 Å². The van der Waals surface area contributed by atoms with Gasteiger partial charge in [0.05, 0.1) is 40.8 Å². The first kappa shape index (κ1) is 31.1. The monoisotopic (exact) mass is 698 g/mol. The highest BCUT2D eigenvalue weighted by atomic mass is 32.2. The maximum atomic E-state index is 14.4. The first-order valence-corrected chi connectivity index (χ1v) is 19.4. The second-order valence-electron chi connectivity index (χ2n) is 13.5. The molecule has 7 heterocycles. The molecular weight excluding hydrogens is 661 g/mol. The zero-order chi connectivity index (χ0) is 33.3. The van der Waals surface area contributed by atoms with Gasteiger partial charge < -0.3 is 19.2 Å². The largest absolute Gasteiger partial charge is 0.496 e. The third-order valence-electron chi connectivity index (χ3n) is 10.6. The highest BCUT2D eigenvalue weighted by Gasteiger charge is 2.49. The summed E-state index contributed by atoms with van der Waals surface area (Å²) < 4.78 is 48.8. The Morgan fingerprint density at radius 2 is 1.98 bits per heavy atom. The molecule has 11 nitrogen and oxygen atoms in total. The zero-order valence-corrected chi connectivity index (χ0v) is 29.2. The predicted octanol–water partition coefficient (Wildman–Crippen LogP) is 7.02. The molecule has 0 spiro atoms. The van der Waals surface area contributed by atoms with Gasteiger partial charge in [0.1, 0.15) is 16.5 Å². The molecule has 9 rings (SSSR count). The molecule has 0 amide bonds. The van der Waals surface area contributed by atoms with Crippen molar-refractivity contribution >= 4 is 37.3 Å². The molecule has 0 radical (unpaired) electrons. The number of thiophene rings is 1. The van der Waals surface area contributed by atoms with Gasteiger partial charge in [0.25, 0.3) is 0 Å². The Bertz CT molecular complexity index is 2190. The number of aromatic nitrogens is 4. The number of anilines is 1. The number of ether oxygens (including phenoxy) is 2. The van der Waals surface area contributed by atoms with Crippen molar-refractivity contribution in [3.63, 3.8) is 0 Å². The number of nitrogens with zero attached hydrogens (tertiary/aromatic N) is 5. The van der Waals surface area contributed by atoms with Crippen LogP contribution in [0.25, 0.3) is 32.0 Å². The minimum Gasteiger partial charge on any atom is -0.496 e. The summed E-state index contributed by atoms with van der Waals surface area (Å²) in [5.41, 5.74) is 5.16. The van der Waals surface area contributed by atoms with Crippen LogP contribution in [-0.2, 0) is 27.6 Å². The van der Waals surface area contributed by atoms with E-state index < -0.39 is 10.0 Å². The summed E-state index contributed by atoms with van der Waals surface area (Å²) in [7, 11) is -2.10. The number of hydrogen-bond acceptors (Lipinski definition) is 11. The van der Waals surface area contributed by atoms with Crippen LogP contribution in [0, 0.1) is 12.8 Å². The maximum Gasteiger partial charge on any atom is 0.250 e. The molecule has 4 aromatic heterocycles. The molecular formula is C36H38N6O5S2. The van der Waals surface area contributed by atoms with Crippen LogP contribution in [-0.4, -0.2) is 59.8 Å². The number of fused-ring (bicyclic) bond motifs is 5. The van der Waals surface area contributed by atoms with Crippen molar-refractivity contribution in [2.45, 2.75) is 75.3 Å². The fraction of sp³-hybridized carbons (Fsp3) is 0.444. The molecule has 1 aromatic carbocycles. The lowest BCUT2D eigenvalue weighted by atomic mass is 9.91. The van der Waals surface area contributed by atoms with E-state index in [1.807, 2.05) is 24.4 Å². The van der Waals surface area contributed by atoms with E-state index >= 15 is 0 Å². The van der Waals surface area contributed by atoms with Gasteiger partial charge in [-0.3, -0.25) is 4.98 Å². The molecule has 4 aliphatic rings. The molecule has 254 valence electrons. The summed E-state index contributed by atoms with van der Waals surface area (Å²) in [5.74, 6) is 2.92. The topological polar surface area (TPSA) is 133 Å². The summed E-state index contributed by atoms with van der Waals surface area (Å²) in [4.78, 5) is 11.1. The third kappa shape index (κ3) is 5.16. The van der Waals surface area contributed by atoms with E-state index in [0.29, 0.717) is 47.5 Å². The first-order chi connectivity index (χ1) is 23.9. The van der Waals surface area contributed by atoms with Crippen LogP contribution < -0.4 is 10.1 Å². The highest BCUT2D eigenvalue weighted by molar-refractivity contribution is 7.89. The van der Waals surface area contributed by atoms with Crippen LogP contribution in [0.5, 0.6) is 5.75 Å². The molecule has 1 unspecified atom stereocenters. The number of aryl methyl sites for hydroxylation is 2. The van der Waals surface area contributed by atoms with Gasteiger partial charge >= 0.3 is 0 Å². The van der Waals surface area contributed by atoms with Gasteiger partial charge in [-0.05, 0) is 92.0 Å². The number of benzene rings is 1. The van der Waals surface area contributed by atoms with E-state index in [4.69, 9.17) is 23.9 Å². The summed E-state index contributed by atoms with van der Waals surface area (Å²) in [5, 5.41) is 13.4. The molecule has 2 saturated heterocycles. The first-order valence-electron chi connectivity index (χ1n) is 17.2. The van der Waals surface area contributed by atoms with Gasteiger partial charge in [0.2, 0.25) is 21.8 Å². The molecule has 2 atom stereocenters. The van der Waals surface area contributed by atoms with Crippen LogP contribution in [0.15, 0.2) is 45.8 Å². The zero-order valence-electron chi connectivity index (χ0n) is 27.6. The molecule has 1 N–H and O–H groups in total. The molecule has 3 aliphatic heterocycles. The molecule has 2 fully saturated rings. The van der Waals surface area contributed by atoms with Crippen LogP contribution in [0.4, 0.5) is 5.82 Å². The van der Waals surface area contributed by atoms with E-state index in [1.54, 1.807) is 29.7 Å². The van der Waals surface area contributed by atoms with E-state index in [0.717, 1.165) is 90.4 Å². The lowest BCUT2D eigenvalue weighted by Crippen LogP contribution is -2.23. The van der Waals surface area contributed by atoms with Crippen LogP contribution >= 0.6 is 11.3 Å². The lowest BCUT2D eigenvalue weighted by Gasteiger charge is -2.22. The second kappa shape index (κ2) is 12.1. The summed E-state index contributed by atoms with van der Waals surface area (Å²) in [6.07, 6.45) is 8.86. The van der Waals surface area contributed by atoms with Crippen LogP contribution in [0.3, 0.4) is 0 Å². The van der Waals surface area contributed by atoms with Gasteiger partial charge in [-0.15, -0.1) is 21.5 Å². The molecule has 0 saturated carbocycles. The maximum absolute atomic E-state index is 14.4. The number of sulfonamides is 1. The van der Waals surface area contributed by atoms with Gasteiger partial charge in [-0.1, -0.05) is 12.1 Å². The van der Waals surface area contributed by atoms with Crippen LogP contribution in [0.1, 0.15) is 79.0 Å². The predicted molar refractivity (Wildman–Crippen MR) is 186 cm³/mol. The molecule has 5 aromatic rings. The Labute approximate surface area is 289 Å². The molecule has 49 heavy (non-hydrogen) atoms. The van der Waals surface area contributed by atoms with Crippen LogP contribution in [0.2, 0.25) is 0 Å². The Balaban J connectivity index is 1.21. The summed E-state index contributed by atoms with van der Waals surface area (Å²) in [6.45, 7) is 3.79. The average Bonchev–Trinajstić information content (AvgIpc) is 3.95. The molecule has 0 bridgehead atoms. The van der Waals surface area contributed by atoms with Crippen molar-refractivity contribution in [1.29, 1.82) is 0 Å². The van der Waals surface area contributed by atoms with Crippen molar-refractivity contribution < 1.29 is 22.3 Å². The van der Waals surface area contributed by atoms with Crippen molar-refractivity contribution in [2.75, 3.05) is 32.2 Å². The molecule has 1 aliphatic carbocycles. The highest BCUT2D eigenvalue weighted by Crippen LogP contribution is 2.53. The van der Waals surface area contributed by atoms with Crippen molar-refractivity contribution in [3.05, 3.63) is 64.9 Å². The lowest BCUT2D eigenvalue weighted by molar-refractivity contribution is 0.0639. The number of nitrogens with one attached hydrogen (secondary N) is 1. The fourth-order valence-corrected chi connectivity index (χ4v) is 11.6. The van der Waals surface area contributed by atoms with Gasteiger partial charge in [0.15, 0.2) is 0 Å². The van der Waals surface area contributed by atoms with Crippen molar-refractivity contribution in [3.8, 4) is 27.6 Å². The van der Waals surface area contributed by atoms with E-state index in [2.05, 4.69) is 27.6 Å².